The first kappa shape index (κ1) is 12.2. The van der Waals surface area contributed by atoms with Crippen molar-refractivity contribution in [1.82, 2.24) is 0 Å². The van der Waals surface area contributed by atoms with Crippen LogP contribution in [-0.4, -0.2) is 11.8 Å². The van der Waals surface area contributed by atoms with Gasteiger partial charge in [0.15, 0.2) is 0 Å². The van der Waals surface area contributed by atoms with E-state index in [4.69, 9.17) is 11.6 Å². The van der Waals surface area contributed by atoms with Crippen LogP contribution in [0.5, 0.6) is 0 Å². The van der Waals surface area contributed by atoms with Crippen molar-refractivity contribution in [3.05, 3.63) is 27.7 Å². The molecular formula is C13H11BrClNO2. The second-order valence-electron chi connectivity index (χ2n) is 4.81. The van der Waals surface area contributed by atoms with Gasteiger partial charge in [-0.25, -0.2) is 4.90 Å². The van der Waals surface area contributed by atoms with Crippen LogP contribution in [0, 0.1) is 11.8 Å². The first-order chi connectivity index (χ1) is 8.58. The molecule has 2 atom stereocenters. The Bertz CT molecular complexity index is 524. The van der Waals surface area contributed by atoms with Gasteiger partial charge in [0, 0.05) is 21.3 Å². The van der Waals surface area contributed by atoms with Gasteiger partial charge in [0.1, 0.15) is 0 Å². The monoisotopic (exact) mass is 327 g/mol. The number of anilines is 1. The number of hydrogen-bond donors (Lipinski definition) is 0. The highest BCUT2D eigenvalue weighted by Gasteiger charge is 2.46. The van der Waals surface area contributed by atoms with E-state index in [9.17, 15) is 9.59 Å². The first-order valence-corrected chi connectivity index (χ1v) is 7.08. The number of rotatable bonds is 1. The van der Waals surface area contributed by atoms with Gasteiger partial charge in [-0.2, -0.15) is 0 Å². The number of nitrogens with zero attached hydrogens (tertiary/aromatic N) is 1. The third-order valence-corrected chi connectivity index (χ3v) is 4.59. The molecule has 1 aromatic carbocycles. The maximum Gasteiger partial charge on any atom is 0.236 e. The average molecular weight is 329 g/mol. The van der Waals surface area contributed by atoms with Crippen molar-refractivity contribution < 1.29 is 9.59 Å². The smallest absolute Gasteiger partial charge is 0.236 e. The Balaban J connectivity index is 2.05. The zero-order valence-corrected chi connectivity index (χ0v) is 11.9. The molecule has 2 amide bonds. The standard InChI is InChI=1S/C13H11BrClNO2/c14-10-6-9(15)3-4-11(10)16-12(17)7-1-2-8(5-7)13(16)18/h3-4,6-8H,1-2,5H2. The summed E-state index contributed by atoms with van der Waals surface area (Å²) in [6.07, 6.45) is 2.38. The summed E-state index contributed by atoms with van der Waals surface area (Å²) in [5, 5.41) is 0.575. The van der Waals surface area contributed by atoms with Gasteiger partial charge in [0.05, 0.1) is 5.69 Å². The summed E-state index contributed by atoms with van der Waals surface area (Å²) in [5.74, 6) is -0.126. The zero-order chi connectivity index (χ0) is 12.9. The highest BCUT2D eigenvalue weighted by atomic mass is 79.9. The predicted molar refractivity (Wildman–Crippen MR) is 72.5 cm³/mol. The first-order valence-electron chi connectivity index (χ1n) is 5.91. The second-order valence-corrected chi connectivity index (χ2v) is 6.11. The normalized spacial score (nSPS) is 26.9. The number of carbonyl (C=O) groups excluding carboxylic acids is 2. The van der Waals surface area contributed by atoms with E-state index in [0.717, 1.165) is 19.3 Å². The summed E-state index contributed by atoms with van der Waals surface area (Å²) < 4.78 is 0.679. The molecule has 3 nitrogen and oxygen atoms in total. The summed E-state index contributed by atoms with van der Waals surface area (Å²) >= 11 is 9.25. The van der Waals surface area contributed by atoms with Gasteiger partial charge < -0.3 is 0 Å². The largest absolute Gasteiger partial charge is 0.274 e. The van der Waals surface area contributed by atoms with E-state index in [1.54, 1.807) is 18.2 Å². The summed E-state index contributed by atoms with van der Waals surface area (Å²) in [7, 11) is 0. The van der Waals surface area contributed by atoms with E-state index < -0.39 is 0 Å². The number of hydrogen-bond acceptors (Lipinski definition) is 2. The number of imide groups is 1. The average Bonchev–Trinajstić information content (AvgIpc) is 2.76. The quantitative estimate of drug-likeness (QED) is 0.741. The SMILES string of the molecule is O=C1C2CCC(C2)C(=O)N1c1ccc(Cl)cc1Br. The summed E-state index contributed by atoms with van der Waals surface area (Å²) in [4.78, 5) is 25.9. The Morgan fingerprint density at radius 3 is 2.33 bits per heavy atom. The number of fused-ring (bicyclic) bond motifs is 2. The maximum atomic E-state index is 12.3. The van der Waals surface area contributed by atoms with Crippen molar-refractivity contribution >= 4 is 45.0 Å². The van der Waals surface area contributed by atoms with Crippen LogP contribution in [0.4, 0.5) is 5.69 Å². The fraction of sp³-hybridized carbons (Fsp3) is 0.385. The van der Waals surface area contributed by atoms with Crippen molar-refractivity contribution in [3.8, 4) is 0 Å². The predicted octanol–water partition coefficient (Wildman–Crippen LogP) is 3.39. The third kappa shape index (κ3) is 1.79. The van der Waals surface area contributed by atoms with Crippen LogP contribution in [0.1, 0.15) is 19.3 Å². The molecular weight excluding hydrogens is 318 g/mol. The fourth-order valence-electron chi connectivity index (χ4n) is 2.80. The number of carbonyl (C=O) groups is 2. The Morgan fingerprint density at radius 1 is 1.17 bits per heavy atom. The van der Waals surface area contributed by atoms with Crippen molar-refractivity contribution in [1.29, 1.82) is 0 Å². The molecule has 18 heavy (non-hydrogen) atoms. The molecule has 1 heterocycles. The lowest BCUT2D eigenvalue weighted by Gasteiger charge is -2.30. The lowest BCUT2D eigenvalue weighted by atomic mass is 9.96. The molecule has 2 bridgehead atoms. The number of piperidine rings is 1. The van der Waals surface area contributed by atoms with Gasteiger partial charge in [-0.3, -0.25) is 9.59 Å². The van der Waals surface area contributed by atoms with E-state index >= 15 is 0 Å². The number of amides is 2. The molecule has 2 fully saturated rings. The van der Waals surface area contributed by atoms with Crippen LogP contribution >= 0.6 is 27.5 Å². The van der Waals surface area contributed by atoms with E-state index in [-0.39, 0.29) is 23.7 Å². The van der Waals surface area contributed by atoms with E-state index in [1.165, 1.54) is 4.90 Å². The molecule has 5 heteroatoms. The molecule has 1 saturated heterocycles. The minimum absolute atomic E-state index is 0.00952. The summed E-state index contributed by atoms with van der Waals surface area (Å²) in [6, 6.07) is 5.11. The van der Waals surface area contributed by atoms with Crippen LogP contribution < -0.4 is 4.90 Å². The maximum absolute atomic E-state index is 12.3. The Morgan fingerprint density at radius 2 is 1.78 bits per heavy atom. The fourth-order valence-corrected chi connectivity index (χ4v) is 3.66. The number of benzene rings is 1. The van der Waals surface area contributed by atoms with Gasteiger partial charge >= 0.3 is 0 Å². The Hall–Kier alpha value is -0.870. The van der Waals surface area contributed by atoms with Crippen molar-refractivity contribution in [2.24, 2.45) is 11.8 Å². The van der Waals surface area contributed by atoms with Crippen LogP contribution in [0.15, 0.2) is 22.7 Å². The molecule has 0 radical (unpaired) electrons. The molecule has 1 saturated carbocycles. The Labute approximate surface area is 118 Å². The molecule has 0 N–H and O–H groups in total. The highest BCUT2D eigenvalue weighted by Crippen LogP contribution is 2.41. The van der Waals surface area contributed by atoms with Gasteiger partial charge in [0.25, 0.3) is 0 Å². The molecule has 1 aromatic rings. The van der Waals surface area contributed by atoms with Gasteiger partial charge in [-0.15, -0.1) is 0 Å². The van der Waals surface area contributed by atoms with Gasteiger partial charge in [0.2, 0.25) is 11.8 Å². The van der Waals surface area contributed by atoms with Gasteiger partial charge in [-0.1, -0.05) is 11.6 Å². The second kappa shape index (κ2) is 4.35. The minimum Gasteiger partial charge on any atom is -0.274 e. The van der Waals surface area contributed by atoms with Crippen LogP contribution in [-0.2, 0) is 9.59 Å². The summed E-state index contributed by atoms with van der Waals surface area (Å²) in [5.41, 5.74) is 0.603. The lowest BCUT2D eigenvalue weighted by Crippen LogP contribution is -2.46. The summed E-state index contributed by atoms with van der Waals surface area (Å²) in [6.45, 7) is 0. The van der Waals surface area contributed by atoms with E-state index in [1.807, 2.05) is 0 Å². The molecule has 94 valence electrons. The van der Waals surface area contributed by atoms with E-state index in [2.05, 4.69) is 15.9 Å². The number of halogens is 2. The molecule has 0 spiro atoms. The topological polar surface area (TPSA) is 37.4 Å². The van der Waals surface area contributed by atoms with Crippen molar-refractivity contribution in [3.63, 3.8) is 0 Å². The minimum atomic E-state index is -0.0724. The van der Waals surface area contributed by atoms with Crippen LogP contribution in [0.25, 0.3) is 0 Å². The third-order valence-electron chi connectivity index (χ3n) is 3.72. The highest BCUT2D eigenvalue weighted by molar-refractivity contribution is 9.10. The van der Waals surface area contributed by atoms with E-state index in [0.29, 0.717) is 15.2 Å². The molecule has 1 aliphatic heterocycles. The zero-order valence-electron chi connectivity index (χ0n) is 9.53. The lowest BCUT2D eigenvalue weighted by molar-refractivity contribution is -0.133. The van der Waals surface area contributed by atoms with Crippen LogP contribution in [0.2, 0.25) is 5.02 Å². The van der Waals surface area contributed by atoms with Crippen LogP contribution in [0.3, 0.4) is 0 Å². The molecule has 2 unspecified atom stereocenters. The molecule has 1 aliphatic carbocycles. The molecule has 0 aromatic heterocycles. The van der Waals surface area contributed by atoms with Gasteiger partial charge in [-0.05, 0) is 53.4 Å². The van der Waals surface area contributed by atoms with Crippen molar-refractivity contribution in [2.75, 3.05) is 4.90 Å². The molecule has 2 aliphatic rings. The van der Waals surface area contributed by atoms with Crippen molar-refractivity contribution in [2.45, 2.75) is 19.3 Å². The Kier molecular flexibility index (Phi) is 2.94. The molecule has 3 rings (SSSR count).